The van der Waals surface area contributed by atoms with E-state index in [1.165, 1.54) is 6.26 Å². The number of furan rings is 1. The van der Waals surface area contributed by atoms with Gasteiger partial charge in [0.1, 0.15) is 0 Å². The topological polar surface area (TPSA) is 90.2 Å². The molecule has 8 nitrogen and oxygen atoms in total. The Morgan fingerprint density at radius 1 is 1.06 bits per heavy atom. The average Bonchev–Trinajstić information content (AvgIpc) is 3.32. The summed E-state index contributed by atoms with van der Waals surface area (Å²) >= 11 is 0. The molecule has 2 heterocycles. The lowest BCUT2D eigenvalue weighted by atomic mass is 10.1. The van der Waals surface area contributed by atoms with Crippen molar-refractivity contribution in [2.45, 2.75) is 27.3 Å². The van der Waals surface area contributed by atoms with Gasteiger partial charge in [0.05, 0.1) is 12.8 Å². The summed E-state index contributed by atoms with van der Waals surface area (Å²) in [5.41, 5.74) is 1.85. The Kier molecular flexibility index (Phi) is 7.70. The lowest BCUT2D eigenvalue weighted by Crippen LogP contribution is -2.53. The highest BCUT2D eigenvalue weighted by Crippen LogP contribution is 2.13. The number of piperazine rings is 1. The second-order valence-electron chi connectivity index (χ2n) is 7.77. The number of carbonyl (C=O) groups excluding carboxylic acids is 2. The minimum absolute atomic E-state index is 0.00451. The van der Waals surface area contributed by atoms with E-state index in [-0.39, 0.29) is 17.7 Å². The number of guanidine groups is 1. The molecule has 2 N–H and O–H groups in total. The van der Waals surface area contributed by atoms with Crippen LogP contribution < -0.4 is 10.6 Å². The first-order chi connectivity index (χ1) is 15.0. The Labute approximate surface area is 183 Å². The molecule has 8 heteroatoms. The SMILES string of the molecule is CCNC(=NCc1ccc(NC(=O)C(C)C)cc1)N1CCN(C(=O)c2ccco2)CC1. The van der Waals surface area contributed by atoms with E-state index in [1.807, 2.05) is 49.9 Å². The molecule has 0 spiro atoms. The largest absolute Gasteiger partial charge is 0.459 e. The van der Waals surface area contributed by atoms with E-state index < -0.39 is 0 Å². The number of anilines is 1. The third-order valence-corrected chi connectivity index (χ3v) is 5.09. The maximum absolute atomic E-state index is 12.4. The second-order valence-corrected chi connectivity index (χ2v) is 7.77. The Balaban J connectivity index is 1.57. The molecular formula is C23H31N5O3. The number of hydrogen-bond donors (Lipinski definition) is 2. The van der Waals surface area contributed by atoms with Gasteiger partial charge >= 0.3 is 0 Å². The molecule has 0 radical (unpaired) electrons. The summed E-state index contributed by atoms with van der Waals surface area (Å²) in [5, 5.41) is 6.24. The van der Waals surface area contributed by atoms with E-state index in [2.05, 4.69) is 15.5 Å². The summed E-state index contributed by atoms with van der Waals surface area (Å²) in [5.74, 6) is 1.09. The third kappa shape index (κ3) is 6.10. The van der Waals surface area contributed by atoms with Gasteiger partial charge in [0.15, 0.2) is 11.7 Å². The number of nitrogens with zero attached hydrogens (tertiary/aromatic N) is 3. The van der Waals surface area contributed by atoms with Crippen molar-refractivity contribution in [1.29, 1.82) is 0 Å². The van der Waals surface area contributed by atoms with Gasteiger partial charge < -0.3 is 24.9 Å². The van der Waals surface area contributed by atoms with Crippen molar-refractivity contribution in [1.82, 2.24) is 15.1 Å². The molecule has 166 valence electrons. The zero-order valence-corrected chi connectivity index (χ0v) is 18.4. The number of benzene rings is 1. The fourth-order valence-corrected chi connectivity index (χ4v) is 3.25. The van der Waals surface area contributed by atoms with Crippen molar-refractivity contribution in [2.24, 2.45) is 10.9 Å². The zero-order valence-electron chi connectivity index (χ0n) is 18.4. The Morgan fingerprint density at radius 2 is 1.74 bits per heavy atom. The number of rotatable bonds is 6. The number of aliphatic imine (C=N–C) groups is 1. The summed E-state index contributed by atoms with van der Waals surface area (Å²) in [7, 11) is 0. The number of amides is 2. The first kappa shape index (κ1) is 22.4. The van der Waals surface area contributed by atoms with Gasteiger partial charge in [-0.05, 0) is 36.8 Å². The van der Waals surface area contributed by atoms with Crippen LogP contribution in [0.5, 0.6) is 0 Å². The van der Waals surface area contributed by atoms with Crippen molar-refractivity contribution >= 4 is 23.5 Å². The summed E-state index contributed by atoms with van der Waals surface area (Å²) in [6, 6.07) is 11.2. The summed E-state index contributed by atoms with van der Waals surface area (Å²) in [4.78, 5) is 33.0. The quantitative estimate of drug-likeness (QED) is 0.549. The minimum Gasteiger partial charge on any atom is -0.459 e. The minimum atomic E-state index is -0.0729. The summed E-state index contributed by atoms with van der Waals surface area (Å²) in [6.45, 7) is 9.73. The second kappa shape index (κ2) is 10.7. The molecule has 31 heavy (non-hydrogen) atoms. The van der Waals surface area contributed by atoms with Crippen molar-refractivity contribution in [3.05, 3.63) is 54.0 Å². The van der Waals surface area contributed by atoms with E-state index in [0.29, 0.717) is 38.5 Å². The number of nitrogens with one attached hydrogen (secondary N) is 2. The maximum Gasteiger partial charge on any atom is 0.289 e. The van der Waals surface area contributed by atoms with E-state index >= 15 is 0 Å². The van der Waals surface area contributed by atoms with Gasteiger partial charge in [0.2, 0.25) is 5.91 Å². The van der Waals surface area contributed by atoms with Crippen LogP contribution in [0.4, 0.5) is 5.69 Å². The molecule has 0 unspecified atom stereocenters. The van der Waals surface area contributed by atoms with Crippen LogP contribution >= 0.6 is 0 Å². The first-order valence-electron chi connectivity index (χ1n) is 10.7. The molecule has 2 amide bonds. The first-order valence-corrected chi connectivity index (χ1v) is 10.7. The van der Waals surface area contributed by atoms with E-state index in [0.717, 1.165) is 23.8 Å². The highest BCUT2D eigenvalue weighted by molar-refractivity contribution is 5.92. The van der Waals surface area contributed by atoms with Gasteiger partial charge in [0.25, 0.3) is 5.91 Å². The van der Waals surface area contributed by atoms with E-state index in [4.69, 9.17) is 9.41 Å². The van der Waals surface area contributed by atoms with Crippen LogP contribution in [0.3, 0.4) is 0 Å². The predicted octanol–water partition coefficient (Wildman–Crippen LogP) is 2.80. The van der Waals surface area contributed by atoms with Gasteiger partial charge in [-0.15, -0.1) is 0 Å². The molecule has 1 aromatic carbocycles. The highest BCUT2D eigenvalue weighted by atomic mass is 16.3. The Bertz CT molecular complexity index is 882. The van der Waals surface area contributed by atoms with Crippen LogP contribution in [0, 0.1) is 5.92 Å². The van der Waals surface area contributed by atoms with E-state index in [9.17, 15) is 9.59 Å². The molecule has 1 aliphatic heterocycles. The molecule has 0 aliphatic carbocycles. The van der Waals surface area contributed by atoms with Crippen molar-refractivity contribution in [3.8, 4) is 0 Å². The highest BCUT2D eigenvalue weighted by Gasteiger charge is 2.25. The molecule has 3 rings (SSSR count). The van der Waals surface area contributed by atoms with Crippen molar-refractivity contribution in [3.63, 3.8) is 0 Å². The molecule has 0 saturated carbocycles. The zero-order chi connectivity index (χ0) is 22.2. The fraction of sp³-hybridized carbons (Fsp3) is 0.435. The predicted molar refractivity (Wildman–Crippen MR) is 121 cm³/mol. The Hall–Kier alpha value is -3.29. The van der Waals surface area contributed by atoms with Gasteiger partial charge in [0, 0.05) is 44.3 Å². The fourth-order valence-electron chi connectivity index (χ4n) is 3.25. The standard InChI is InChI=1S/C23H31N5O3/c1-4-24-23(25-16-18-7-9-19(10-8-18)26-21(29)17(2)3)28-13-11-27(12-14-28)22(30)20-6-5-15-31-20/h5-10,15,17H,4,11-14,16H2,1-3H3,(H,24,25)(H,26,29). The lowest BCUT2D eigenvalue weighted by molar-refractivity contribution is -0.118. The molecule has 0 bridgehead atoms. The van der Waals surface area contributed by atoms with Crippen LogP contribution in [0.15, 0.2) is 52.1 Å². The Morgan fingerprint density at radius 3 is 2.32 bits per heavy atom. The molecule has 1 saturated heterocycles. The molecule has 1 aromatic heterocycles. The molecule has 1 fully saturated rings. The van der Waals surface area contributed by atoms with Gasteiger partial charge in [-0.2, -0.15) is 0 Å². The van der Waals surface area contributed by atoms with Gasteiger partial charge in [-0.25, -0.2) is 4.99 Å². The average molecular weight is 426 g/mol. The monoisotopic (exact) mass is 425 g/mol. The molecular weight excluding hydrogens is 394 g/mol. The molecule has 1 aliphatic rings. The van der Waals surface area contributed by atoms with Crippen molar-refractivity contribution < 1.29 is 14.0 Å². The third-order valence-electron chi connectivity index (χ3n) is 5.09. The number of hydrogen-bond acceptors (Lipinski definition) is 4. The van der Waals surface area contributed by atoms with E-state index in [1.54, 1.807) is 12.1 Å². The molecule has 0 atom stereocenters. The van der Waals surface area contributed by atoms with Gasteiger partial charge in [-0.1, -0.05) is 26.0 Å². The van der Waals surface area contributed by atoms with Crippen molar-refractivity contribution in [2.75, 3.05) is 38.0 Å². The maximum atomic E-state index is 12.4. The van der Waals surface area contributed by atoms with Crippen LogP contribution in [0.25, 0.3) is 0 Å². The molecule has 2 aromatic rings. The van der Waals surface area contributed by atoms with Crippen LogP contribution in [-0.4, -0.2) is 60.3 Å². The number of carbonyl (C=O) groups is 2. The summed E-state index contributed by atoms with van der Waals surface area (Å²) < 4.78 is 5.23. The summed E-state index contributed by atoms with van der Waals surface area (Å²) in [6.07, 6.45) is 1.52. The van der Waals surface area contributed by atoms with Crippen LogP contribution in [-0.2, 0) is 11.3 Å². The normalized spacial score (nSPS) is 14.6. The smallest absolute Gasteiger partial charge is 0.289 e. The van der Waals surface area contributed by atoms with Crippen LogP contribution in [0.2, 0.25) is 0 Å². The lowest BCUT2D eigenvalue weighted by Gasteiger charge is -2.36. The van der Waals surface area contributed by atoms with Crippen LogP contribution in [0.1, 0.15) is 36.9 Å². The van der Waals surface area contributed by atoms with Gasteiger partial charge in [-0.3, -0.25) is 9.59 Å².